The first-order valence-electron chi connectivity index (χ1n) is 8.66. The largest absolute Gasteiger partial charge is 0.484 e. The molecule has 2 aromatic rings. The van der Waals surface area contributed by atoms with Crippen LogP contribution < -0.4 is 15.4 Å². The Labute approximate surface area is 169 Å². The first-order valence-corrected chi connectivity index (χ1v) is 8.66. The molecule has 160 valence electrons. The number of ether oxygens (including phenoxy) is 1. The zero-order chi connectivity index (χ0) is 22.3. The van der Waals surface area contributed by atoms with Gasteiger partial charge < -0.3 is 15.4 Å². The normalized spacial score (nSPS) is 12.0. The maximum atomic E-state index is 12.2. The molecule has 0 fully saturated rings. The van der Waals surface area contributed by atoms with E-state index in [1.807, 2.05) is 0 Å². The lowest BCUT2D eigenvalue weighted by Crippen LogP contribution is -2.44. The van der Waals surface area contributed by atoms with Crippen molar-refractivity contribution in [3.63, 3.8) is 0 Å². The minimum Gasteiger partial charge on any atom is -0.484 e. The van der Waals surface area contributed by atoms with Crippen molar-refractivity contribution in [3.8, 4) is 5.75 Å². The summed E-state index contributed by atoms with van der Waals surface area (Å²) >= 11 is 0. The van der Waals surface area contributed by atoms with Gasteiger partial charge in [0.15, 0.2) is 6.61 Å². The Bertz CT molecular complexity index is 916. The second-order valence-electron chi connectivity index (χ2n) is 6.27. The third-order valence-corrected chi connectivity index (χ3v) is 3.85. The fourth-order valence-corrected chi connectivity index (χ4v) is 2.32. The van der Waals surface area contributed by atoms with E-state index >= 15 is 0 Å². The molecule has 0 heterocycles. The van der Waals surface area contributed by atoms with Crippen molar-refractivity contribution < 1.29 is 32.4 Å². The zero-order valence-electron chi connectivity index (χ0n) is 15.7. The summed E-state index contributed by atoms with van der Waals surface area (Å²) in [6.07, 6.45) is -4.43. The molecule has 2 N–H and O–H groups in total. The fourth-order valence-electron chi connectivity index (χ4n) is 2.32. The van der Waals surface area contributed by atoms with Crippen LogP contribution in [0.3, 0.4) is 0 Å². The molecule has 1 atom stereocenters. The highest BCUT2D eigenvalue weighted by molar-refractivity contribution is 5.97. The van der Waals surface area contributed by atoms with E-state index in [0.717, 1.165) is 6.07 Å². The van der Waals surface area contributed by atoms with E-state index in [9.17, 15) is 32.9 Å². The van der Waals surface area contributed by atoms with Crippen molar-refractivity contribution in [1.29, 1.82) is 0 Å². The van der Waals surface area contributed by atoms with E-state index in [0.29, 0.717) is 5.56 Å². The molecule has 0 aliphatic rings. The van der Waals surface area contributed by atoms with Crippen LogP contribution >= 0.6 is 0 Å². The van der Waals surface area contributed by atoms with E-state index in [2.05, 4.69) is 15.4 Å². The minimum atomic E-state index is -4.43. The van der Waals surface area contributed by atoms with Crippen LogP contribution in [0.1, 0.15) is 22.8 Å². The Morgan fingerprint density at radius 2 is 1.83 bits per heavy atom. The molecule has 30 heavy (non-hydrogen) atoms. The summed E-state index contributed by atoms with van der Waals surface area (Å²) < 4.78 is 41.0. The number of halogens is 3. The third kappa shape index (κ3) is 7.08. The van der Waals surface area contributed by atoms with Gasteiger partial charge >= 0.3 is 6.18 Å². The van der Waals surface area contributed by atoms with Crippen LogP contribution in [-0.2, 0) is 11.3 Å². The third-order valence-electron chi connectivity index (χ3n) is 3.85. The molecule has 11 heteroatoms. The predicted octanol–water partition coefficient (Wildman–Crippen LogP) is 2.97. The summed E-state index contributed by atoms with van der Waals surface area (Å²) in [6, 6.07) is 9.86. The van der Waals surface area contributed by atoms with Crippen LogP contribution in [0.5, 0.6) is 5.75 Å². The van der Waals surface area contributed by atoms with E-state index in [1.54, 1.807) is 0 Å². The van der Waals surface area contributed by atoms with E-state index in [1.165, 1.54) is 49.4 Å². The van der Waals surface area contributed by atoms with Crippen LogP contribution in [0.25, 0.3) is 0 Å². The number of hydrogen-bond donors (Lipinski definition) is 2. The fraction of sp³-hybridized carbons (Fsp3) is 0.263. The van der Waals surface area contributed by atoms with Crippen LogP contribution in [-0.4, -0.2) is 35.6 Å². The van der Waals surface area contributed by atoms with Crippen LogP contribution in [0, 0.1) is 10.1 Å². The van der Waals surface area contributed by atoms with Gasteiger partial charge in [-0.2, -0.15) is 13.2 Å². The predicted molar refractivity (Wildman–Crippen MR) is 99.9 cm³/mol. The van der Waals surface area contributed by atoms with Crippen molar-refractivity contribution in [2.45, 2.75) is 25.7 Å². The SMILES string of the molecule is CC(NC(=O)c1cccc([N+](=O)[O-])c1)C(=O)NCc1ccc(OCC(F)(F)F)cc1. The van der Waals surface area contributed by atoms with Crippen LogP contribution in [0.4, 0.5) is 18.9 Å². The number of alkyl halides is 3. The highest BCUT2D eigenvalue weighted by atomic mass is 19.4. The smallest absolute Gasteiger partial charge is 0.422 e. The van der Waals surface area contributed by atoms with Gasteiger partial charge in [-0.05, 0) is 30.7 Å². The topological polar surface area (TPSA) is 111 Å². The molecular formula is C19H18F3N3O5. The number of rotatable bonds is 8. The summed E-state index contributed by atoms with van der Waals surface area (Å²) in [7, 11) is 0. The van der Waals surface area contributed by atoms with Gasteiger partial charge in [-0.1, -0.05) is 18.2 Å². The first kappa shape index (κ1) is 22.7. The molecule has 0 spiro atoms. The molecule has 2 rings (SSSR count). The number of benzene rings is 2. The maximum absolute atomic E-state index is 12.2. The molecule has 0 aliphatic carbocycles. The Balaban J connectivity index is 1.85. The zero-order valence-corrected chi connectivity index (χ0v) is 15.7. The number of nitrogens with zero attached hydrogens (tertiary/aromatic N) is 1. The number of nitro benzene ring substituents is 1. The molecule has 1 unspecified atom stereocenters. The summed E-state index contributed by atoms with van der Waals surface area (Å²) in [5.74, 6) is -1.11. The quantitative estimate of drug-likeness (QED) is 0.499. The van der Waals surface area contributed by atoms with Crippen molar-refractivity contribution >= 4 is 17.5 Å². The van der Waals surface area contributed by atoms with Crippen LogP contribution in [0.2, 0.25) is 0 Å². The number of non-ortho nitro benzene ring substituents is 1. The molecule has 0 aromatic heterocycles. The van der Waals surface area contributed by atoms with Gasteiger partial charge in [0.25, 0.3) is 11.6 Å². The molecule has 0 saturated heterocycles. The van der Waals surface area contributed by atoms with Gasteiger partial charge in [-0.3, -0.25) is 19.7 Å². The number of nitrogens with one attached hydrogen (secondary N) is 2. The molecule has 0 radical (unpaired) electrons. The second-order valence-corrected chi connectivity index (χ2v) is 6.27. The van der Waals surface area contributed by atoms with Crippen LogP contribution in [0.15, 0.2) is 48.5 Å². The van der Waals surface area contributed by atoms with E-state index in [-0.39, 0.29) is 23.5 Å². The van der Waals surface area contributed by atoms with Crippen molar-refractivity contribution in [3.05, 3.63) is 69.8 Å². The molecule has 8 nitrogen and oxygen atoms in total. The molecule has 0 bridgehead atoms. The van der Waals surface area contributed by atoms with Crippen molar-refractivity contribution in [2.24, 2.45) is 0 Å². The maximum Gasteiger partial charge on any atom is 0.422 e. The number of amides is 2. The average Bonchev–Trinajstić information content (AvgIpc) is 2.70. The molecule has 0 saturated carbocycles. The Kier molecular flexibility index (Phi) is 7.34. The Hall–Kier alpha value is -3.63. The lowest BCUT2D eigenvalue weighted by Gasteiger charge is -2.14. The molecular weight excluding hydrogens is 407 g/mol. The standard InChI is InChI=1S/C19H18F3N3O5/c1-12(24-18(27)14-3-2-4-15(9-14)25(28)29)17(26)23-10-13-5-7-16(8-6-13)30-11-19(20,21)22/h2-9,12H,10-11H2,1H3,(H,23,26)(H,24,27). The van der Waals surface area contributed by atoms with Gasteiger partial charge in [0.1, 0.15) is 11.8 Å². The van der Waals surface area contributed by atoms with Gasteiger partial charge in [0.2, 0.25) is 5.91 Å². The number of carbonyl (C=O) groups excluding carboxylic acids is 2. The highest BCUT2D eigenvalue weighted by Crippen LogP contribution is 2.19. The molecule has 2 amide bonds. The summed E-state index contributed by atoms with van der Waals surface area (Å²) in [5, 5.41) is 15.8. The van der Waals surface area contributed by atoms with Crippen molar-refractivity contribution in [2.75, 3.05) is 6.61 Å². The lowest BCUT2D eigenvalue weighted by atomic mass is 10.1. The van der Waals surface area contributed by atoms with Gasteiger partial charge in [0.05, 0.1) is 4.92 Å². The highest BCUT2D eigenvalue weighted by Gasteiger charge is 2.28. The summed E-state index contributed by atoms with van der Waals surface area (Å²) in [4.78, 5) is 34.5. The monoisotopic (exact) mass is 425 g/mol. The van der Waals surface area contributed by atoms with Gasteiger partial charge in [0, 0.05) is 24.2 Å². The number of hydrogen-bond acceptors (Lipinski definition) is 5. The van der Waals surface area contributed by atoms with E-state index in [4.69, 9.17) is 0 Å². The average molecular weight is 425 g/mol. The number of nitro groups is 1. The first-order chi connectivity index (χ1) is 14.0. The number of carbonyl (C=O) groups is 2. The Morgan fingerprint density at radius 1 is 1.17 bits per heavy atom. The molecule has 2 aromatic carbocycles. The van der Waals surface area contributed by atoms with Gasteiger partial charge in [-0.15, -0.1) is 0 Å². The minimum absolute atomic E-state index is 0.0401. The lowest BCUT2D eigenvalue weighted by molar-refractivity contribution is -0.384. The van der Waals surface area contributed by atoms with Gasteiger partial charge in [-0.25, -0.2) is 0 Å². The Morgan fingerprint density at radius 3 is 2.43 bits per heavy atom. The molecule has 0 aliphatic heterocycles. The summed E-state index contributed by atoms with van der Waals surface area (Å²) in [6.45, 7) is 0.124. The van der Waals surface area contributed by atoms with Crippen molar-refractivity contribution in [1.82, 2.24) is 10.6 Å². The van der Waals surface area contributed by atoms with E-state index < -0.39 is 35.6 Å². The summed E-state index contributed by atoms with van der Waals surface area (Å²) in [5.41, 5.74) is 0.403. The second kappa shape index (κ2) is 9.72.